The third-order valence-electron chi connectivity index (χ3n) is 7.27. The molecule has 4 N–H and O–H groups in total. The van der Waals surface area contributed by atoms with Gasteiger partial charge in [-0.3, -0.25) is 19.3 Å². The summed E-state index contributed by atoms with van der Waals surface area (Å²) in [6, 6.07) is 12.2. The van der Waals surface area contributed by atoms with Crippen LogP contribution in [0.4, 0.5) is 5.69 Å². The number of carbonyl (C=O) groups excluding carboxylic acids is 2. The molecular weight excluding hydrogens is 520 g/mol. The molecule has 1 saturated heterocycles. The van der Waals surface area contributed by atoms with Crippen LogP contribution in [0.15, 0.2) is 41.3 Å². The van der Waals surface area contributed by atoms with Gasteiger partial charge in [-0.05, 0) is 54.7 Å². The molecule has 0 bridgehead atoms. The molecule has 0 aliphatic carbocycles. The van der Waals surface area contributed by atoms with Gasteiger partial charge in [0.1, 0.15) is 5.69 Å². The van der Waals surface area contributed by atoms with Crippen molar-refractivity contribution < 1.29 is 24.2 Å². The van der Waals surface area contributed by atoms with Crippen LogP contribution in [0.1, 0.15) is 40.5 Å². The topological polar surface area (TPSA) is 172 Å². The van der Waals surface area contributed by atoms with Gasteiger partial charge in [-0.2, -0.15) is 5.26 Å². The standard InChI is InChI=1S/C27H26N6O5S/c1-38-23-5-3-17-24(32-23)16(11-19(30-17)25(29)35)20-12-27(14-28,26(36)37)7-9-33(20)8-6-15-2-4-21-18(10-15)31-22(34)13-39-21/h2-5,10-11,20H,6-9,12-13H2,1H3,(H2,29,35)(H,31,34)(H,36,37). The van der Waals surface area contributed by atoms with Crippen LogP contribution in [-0.4, -0.2) is 63.7 Å². The first-order chi connectivity index (χ1) is 18.7. The lowest BCUT2D eigenvalue weighted by atomic mass is 9.74. The second-order valence-corrected chi connectivity index (χ2v) is 10.6. The number of carboxylic acids is 1. The number of aliphatic carboxylic acids is 1. The number of likely N-dealkylation sites (tertiary alicyclic amines) is 1. The van der Waals surface area contributed by atoms with Gasteiger partial charge >= 0.3 is 5.97 Å². The van der Waals surface area contributed by atoms with Gasteiger partial charge in [-0.25, -0.2) is 9.97 Å². The van der Waals surface area contributed by atoms with E-state index in [9.17, 15) is 24.8 Å². The van der Waals surface area contributed by atoms with Gasteiger partial charge in [0.05, 0.1) is 35.7 Å². The molecule has 0 radical (unpaired) electrons. The van der Waals surface area contributed by atoms with E-state index in [1.165, 1.54) is 24.9 Å². The van der Waals surface area contributed by atoms with Crippen molar-refractivity contribution in [2.75, 3.05) is 31.3 Å². The summed E-state index contributed by atoms with van der Waals surface area (Å²) >= 11 is 1.49. The monoisotopic (exact) mass is 546 g/mol. The molecule has 39 heavy (non-hydrogen) atoms. The minimum Gasteiger partial charge on any atom is -0.481 e. The van der Waals surface area contributed by atoms with Crippen molar-refractivity contribution in [3.63, 3.8) is 0 Å². The van der Waals surface area contributed by atoms with E-state index in [0.717, 1.165) is 16.1 Å². The number of aromatic nitrogens is 2. The molecule has 2 aliphatic heterocycles. The zero-order valence-electron chi connectivity index (χ0n) is 21.1. The summed E-state index contributed by atoms with van der Waals surface area (Å²) in [6.45, 7) is 0.868. The Morgan fingerprint density at radius 1 is 1.31 bits per heavy atom. The first kappa shape index (κ1) is 26.4. The van der Waals surface area contributed by atoms with Crippen LogP contribution in [0.25, 0.3) is 11.0 Å². The first-order valence-electron chi connectivity index (χ1n) is 12.3. The van der Waals surface area contributed by atoms with Crippen molar-refractivity contribution in [1.29, 1.82) is 5.26 Å². The summed E-state index contributed by atoms with van der Waals surface area (Å²) < 4.78 is 5.31. The van der Waals surface area contributed by atoms with E-state index >= 15 is 0 Å². The largest absolute Gasteiger partial charge is 0.481 e. The van der Waals surface area contributed by atoms with Crippen molar-refractivity contribution >= 4 is 46.3 Å². The summed E-state index contributed by atoms with van der Waals surface area (Å²) in [7, 11) is 1.48. The number of hydrogen-bond donors (Lipinski definition) is 3. The zero-order valence-corrected chi connectivity index (χ0v) is 22.0. The lowest BCUT2D eigenvalue weighted by Crippen LogP contribution is -2.46. The molecule has 2 atom stereocenters. The molecule has 1 aromatic carbocycles. The normalized spacial score (nSPS) is 21.0. The highest BCUT2D eigenvalue weighted by molar-refractivity contribution is 8.00. The van der Waals surface area contributed by atoms with Crippen LogP contribution >= 0.6 is 11.8 Å². The number of pyridine rings is 2. The predicted octanol–water partition coefficient (Wildman–Crippen LogP) is 2.76. The number of nitriles is 1. The van der Waals surface area contributed by atoms with Crippen LogP contribution in [0.5, 0.6) is 5.88 Å². The Kier molecular flexibility index (Phi) is 7.12. The fourth-order valence-electron chi connectivity index (χ4n) is 5.14. The second kappa shape index (κ2) is 10.5. The lowest BCUT2D eigenvalue weighted by Gasteiger charge is -2.42. The van der Waals surface area contributed by atoms with Gasteiger partial charge in [0, 0.05) is 30.1 Å². The van der Waals surface area contributed by atoms with E-state index in [4.69, 9.17) is 10.5 Å². The minimum absolute atomic E-state index is 0.00801. The Hall–Kier alpha value is -4.21. The van der Waals surface area contributed by atoms with Crippen molar-refractivity contribution in [2.24, 2.45) is 11.1 Å². The molecule has 3 aromatic rings. The molecule has 2 aliphatic rings. The summed E-state index contributed by atoms with van der Waals surface area (Å²) in [4.78, 5) is 48.3. The molecule has 12 heteroatoms. The fourth-order valence-corrected chi connectivity index (χ4v) is 5.92. The number of ether oxygens (including phenoxy) is 1. The molecule has 0 spiro atoms. The minimum atomic E-state index is -1.60. The number of methoxy groups -OCH3 is 1. The lowest BCUT2D eigenvalue weighted by molar-refractivity contribution is -0.149. The number of fused-ring (bicyclic) bond motifs is 2. The summed E-state index contributed by atoms with van der Waals surface area (Å²) in [5.41, 5.74) is 7.20. The summed E-state index contributed by atoms with van der Waals surface area (Å²) in [5, 5.41) is 22.9. The Morgan fingerprint density at radius 2 is 2.13 bits per heavy atom. The average molecular weight is 547 g/mol. The van der Waals surface area contributed by atoms with Crippen LogP contribution in [-0.2, 0) is 16.0 Å². The molecule has 200 valence electrons. The summed E-state index contributed by atoms with van der Waals surface area (Å²) in [6.07, 6.45) is 0.750. The fraction of sp³-hybridized carbons (Fsp3) is 0.333. The number of carboxylic acid groups (broad SMARTS) is 1. The highest BCUT2D eigenvalue weighted by atomic mass is 32.2. The number of nitrogens with two attached hydrogens (primary N) is 1. The maximum atomic E-state index is 12.3. The number of thioether (sulfide) groups is 1. The maximum absolute atomic E-state index is 12.3. The average Bonchev–Trinajstić information content (AvgIpc) is 2.94. The van der Waals surface area contributed by atoms with Gasteiger partial charge < -0.3 is 20.9 Å². The number of carbonyl (C=O) groups is 3. The van der Waals surface area contributed by atoms with Crippen molar-refractivity contribution in [1.82, 2.24) is 14.9 Å². The third-order valence-corrected chi connectivity index (χ3v) is 8.35. The van der Waals surface area contributed by atoms with Crippen LogP contribution in [0, 0.1) is 16.7 Å². The summed E-state index contributed by atoms with van der Waals surface area (Å²) in [5.74, 6) is -1.23. The molecule has 5 rings (SSSR count). The van der Waals surface area contributed by atoms with Crippen molar-refractivity contribution in [2.45, 2.75) is 30.2 Å². The van der Waals surface area contributed by atoms with Crippen LogP contribution < -0.4 is 15.8 Å². The molecule has 2 amide bonds. The molecule has 2 aromatic heterocycles. The predicted molar refractivity (Wildman–Crippen MR) is 143 cm³/mol. The Labute approximate surface area is 228 Å². The molecule has 2 unspecified atom stereocenters. The SMILES string of the molecule is COc1ccc2nc(C(N)=O)cc(C3CC(C#N)(C(=O)O)CCN3CCc3ccc4c(c3)NC(=O)CS4)c2n1. The van der Waals surface area contributed by atoms with Crippen LogP contribution in [0.3, 0.4) is 0 Å². The number of benzene rings is 1. The Balaban J connectivity index is 1.54. The maximum Gasteiger partial charge on any atom is 0.324 e. The van der Waals surface area contributed by atoms with Gasteiger partial charge in [0.25, 0.3) is 5.91 Å². The number of anilines is 1. The molecule has 4 heterocycles. The molecular formula is C27H26N6O5S. The quantitative estimate of drug-likeness (QED) is 0.400. The number of amides is 2. The van der Waals surface area contributed by atoms with E-state index in [1.54, 1.807) is 12.1 Å². The number of primary amides is 1. The molecule has 11 nitrogen and oxygen atoms in total. The van der Waals surface area contributed by atoms with Gasteiger partial charge in [-0.1, -0.05) is 6.07 Å². The van der Waals surface area contributed by atoms with E-state index < -0.39 is 23.3 Å². The van der Waals surface area contributed by atoms with E-state index in [1.807, 2.05) is 24.3 Å². The zero-order chi connectivity index (χ0) is 27.7. The molecule has 0 saturated carbocycles. The number of nitrogens with zero attached hydrogens (tertiary/aromatic N) is 4. The van der Waals surface area contributed by atoms with Crippen LogP contribution in [0.2, 0.25) is 0 Å². The van der Waals surface area contributed by atoms with Crippen molar-refractivity contribution in [3.05, 3.63) is 53.2 Å². The highest BCUT2D eigenvalue weighted by Gasteiger charge is 2.47. The van der Waals surface area contributed by atoms with E-state index in [2.05, 4.69) is 20.2 Å². The number of rotatable bonds is 7. The van der Waals surface area contributed by atoms with E-state index in [-0.39, 0.29) is 24.4 Å². The van der Waals surface area contributed by atoms with Gasteiger partial charge in [0.2, 0.25) is 11.8 Å². The van der Waals surface area contributed by atoms with Gasteiger partial charge in [-0.15, -0.1) is 11.8 Å². The highest BCUT2D eigenvalue weighted by Crippen LogP contribution is 2.44. The van der Waals surface area contributed by atoms with Crippen molar-refractivity contribution in [3.8, 4) is 11.9 Å². The third kappa shape index (κ3) is 5.10. The number of piperidine rings is 1. The Morgan fingerprint density at radius 3 is 2.85 bits per heavy atom. The number of hydrogen-bond acceptors (Lipinski definition) is 9. The molecule has 1 fully saturated rings. The number of nitrogens with one attached hydrogen (secondary N) is 1. The smallest absolute Gasteiger partial charge is 0.324 e. The van der Waals surface area contributed by atoms with E-state index in [0.29, 0.717) is 47.7 Å². The first-order valence-corrected chi connectivity index (χ1v) is 13.3. The van der Waals surface area contributed by atoms with Gasteiger partial charge in [0.15, 0.2) is 5.41 Å². The Bertz CT molecular complexity index is 1540. The second-order valence-electron chi connectivity index (χ2n) is 9.60.